The fourth-order valence-corrected chi connectivity index (χ4v) is 2.22. The van der Waals surface area contributed by atoms with Gasteiger partial charge in [-0.05, 0) is 50.1 Å². The number of nitrogens with one attached hydrogen (secondary N) is 2. The van der Waals surface area contributed by atoms with Crippen molar-refractivity contribution in [1.82, 2.24) is 15.1 Å². The Morgan fingerprint density at radius 2 is 2.05 bits per heavy atom. The van der Waals surface area contributed by atoms with Crippen molar-refractivity contribution in [2.24, 2.45) is 0 Å². The van der Waals surface area contributed by atoms with Gasteiger partial charge in [-0.3, -0.25) is 9.48 Å². The molecule has 0 unspecified atom stereocenters. The monoisotopic (exact) mass is 284 g/mol. The van der Waals surface area contributed by atoms with Crippen molar-refractivity contribution in [1.29, 1.82) is 0 Å². The molecule has 0 radical (unpaired) electrons. The van der Waals surface area contributed by atoms with Gasteiger partial charge in [0.2, 0.25) is 0 Å². The lowest BCUT2D eigenvalue weighted by Crippen LogP contribution is -2.25. The summed E-state index contributed by atoms with van der Waals surface area (Å²) in [7, 11) is 0. The summed E-state index contributed by atoms with van der Waals surface area (Å²) in [5.41, 5.74) is 2.86. The molecule has 3 rings (SSSR count). The number of carbonyl (C=O) groups excluding carboxylic acids is 1. The van der Waals surface area contributed by atoms with Crippen molar-refractivity contribution >= 4 is 11.6 Å². The lowest BCUT2D eigenvalue weighted by atomic mass is 10.2. The Labute approximate surface area is 124 Å². The molecule has 1 aromatic heterocycles. The lowest BCUT2D eigenvalue weighted by Gasteiger charge is -2.09. The zero-order valence-electron chi connectivity index (χ0n) is 12.2. The van der Waals surface area contributed by atoms with Crippen molar-refractivity contribution in [3.8, 4) is 0 Å². The molecule has 1 aliphatic carbocycles. The van der Waals surface area contributed by atoms with Crippen LogP contribution in [0.15, 0.2) is 36.5 Å². The molecular weight excluding hydrogens is 264 g/mol. The third-order valence-corrected chi connectivity index (χ3v) is 3.64. The Balaban J connectivity index is 1.57. The second-order valence-corrected chi connectivity index (χ2v) is 5.32. The molecule has 1 aliphatic rings. The lowest BCUT2D eigenvalue weighted by molar-refractivity contribution is 0.0951. The zero-order valence-corrected chi connectivity index (χ0v) is 12.2. The highest BCUT2D eigenvalue weighted by Crippen LogP contribution is 2.19. The quantitative estimate of drug-likeness (QED) is 0.856. The second kappa shape index (κ2) is 5.99. The number of aryl methyl sites for hydroxylation is 1. The van der Waals surface area contributed by atoms with E-state index in [0.29, 0.717) is 11.6 Å². The molecular formula is C16H20N4O. The first-order valence-electron chi connectivity index (χ1n) is 7.41. The number of anilines is 1. The van der Waals surface area contributed by atoms with Gasteiger partial charge in [-0.1, -0.05) is 0 Å². The molecule has 0 aliphatic heterocycles. The molecule has 1 amide bonds. The van der Waals surface area contributed by atoms with E-state index in [2.05, 4.69) is 22.7 Å². The summed E-state index contributed by atoms with van der Waals surface area (Å²) < 4.78 is 1.96. The van der Waals surface area contributed by atoms with Crippen molar-refractivity contribution in [3.05, 3.63) is 47.8 Å². The SMILES string of the molecule is CCn1nccc1CNc1ccc(C(=O)NC2CC2)cc1. The van der Waals surface area contributed by atoms with E-state index in [-0.39, 0.29) is 5.91 Å². The van der Waals surface area contributed by atoms with Crippen molar-refractivity contribution in [2.45, 2.75) is 38.9 Å². The molecule has 2 aromatic rings. The van der Waals surface area contributed by atoms with Gasteiger partial charge in [-0.15, -0.1) is 0 Å². The predicted octanol–water partition coefficient (Wildman–Crippen LogP) is 2.41. The first-order chi connectivity index (χ1) is 10.3. The Bertz CT molecular complexity index is 613. The van der Waals surface area contributed by atoms with Gasteiger partial charge < -0.3 is 10.6 Å². The molecule has 0 spiro atoms. The van der Waals surface area contributed by atoms with Crippen LogP contribution in [-0.4, -0.2) is 21.7 Å². The summed E-state index contributed by atoms with van der Waals surface area (Å²) in [5.74, 6) is 0.0214. The molecule has 5 nitrogen and oxygen atoms in total. The van der Waals surface area contributed by atoms with E-state index in [0.717, 1.165) is 37.3 Å². The van der Waals surface area contributed by atoms with Crippen molar-refractivity contribution in [3.63, 3.8) is 0 Å². The number of carbonyl (C=O) groups is 1. The highest BCUT2D eigenvalue weighted by molar-refractivity contribution is 5.94. The highest BCUT2D eigenvalue weighted by atomic mass is 16.1. The van der Waals surface area contributed by atoms with Crippen LogP contribution in [0.5, 0.6) is 0 Å². The average molecular weight is 284 g/mol. The molecule has 1 heterocycles. The van der Waals surface area contributed by atoms with Crippen LogP contribution in [0.1, 0.15) is 35.8 Å². The molecule has 1 saturated carbocycles. The maximum Gasteiger partial charge on any atom is 0.251 e. The predicted molar refractivity (Wildman–Crippen MR) is 82.2 cm³/mol. The van der Waals surface area contributed by atoms with Gasteiger partial charge in [0.25, 0.3) is 5.91 Å². The average Bonchev–Trinajstić information content (AvgIpc) is 3.20. The molecule has 21 heavy (non-hydrogen) atoms. The third kappa shape index (κ3) is 3.42. The second-order valence-electron chi connectivity index (χ2n) is 5.32. The van der Waals surface area contributed by atoms with Crippen molar-refractivity contribution in [2.75, 3.05) is 5.32 Å². The minimum absolute atomic E-state index is 0.0214. The molecule has 0 atom stereocenters. The Morgan fingerprint density at radius 3 is 2.71 bits per heavy atom. The molecule has 110 valence electrons. The Kier molecular flexibility index (Phi) is 3.90. The smallest absolute Gasteiger partial charge is 0.251 e. The number of hydrogen-bond acceptors (Lipinski definition) is 3. The van der Waals surface area contributed by atoms with Crippen LogP contribution in [0.4, 0.5) is 5.69 Å². The number of hydrogen-bond donors (Lipinski definition) is 2. The maximum atomic E-state index is 11.9. The minimum Gasteiger partial charge on any atom is -0.379 e. The minimum atomic E-state index is 0.0214. The highest BCUT2D eigenvalue weighted by Gasteiger charge is 2.23. The van der Waals surface area contributed by atoms with Gasteiger partial charge in [-0.25, -0.2) is 0 Å². The molecule has 0 bridgehead atoms. The number of amides is 1. The number of aromatic nitrogens is 2. The summed E-state index contributed by atoms with van der Waals surface area (Å²) >= 11 is 0. The van der Waals surface area contributed by atoms with E-state index in [1.54, 1.807) is 0 Å². The van der Waals surface area contributed by atoms with Crippen LogP contribution in [0.3, 0.4) is 0 Å². The normalized spacial score (nSPS) is 14.0. The van der Waals surface area contributed by atoms with E-state index < -0.39 is 0 Å². The van der Waals surface area contributed by atoms with Crippen LogP contribution in [0, 0.1) is 0 Å². The third-order valence-electron chi connectivity index (χ3n) is 3.64. The zero-order chi connectivity index (χ0) is 14.7. The number of rotatable bonds is 6. The first kappa shape index (κ1) is 13.7. The largest absolute Gasteiger partial charge is 0.379 e. The van der Waals surface area contributed by atoms with Crippen LogP contribution < -0.4 is 10.6 Å². The van der Waals surface area contributed by atoms with E-state index in [4.69, 9.17) is 0 Å². The van der Waals surface area contributed by atoms with Gasteiger partial charge in [-0.2, -0.15) is 5.10 Å². The number of benzene rings is 1. The Hall–Kier alpha value is -2.30. The van der Waals surface area contributed by atoms with Crippen LogP contribution in [0.2, 0.25) is 0 Å². The summed E-state index contributed by atoms with van der Waals surface area (Å²) in [6.07, 6.45) is 4.03. The van der Waals surface area contributed by atoms with E-state index in [1.807, 2.05) is 41.2 Å². The van der Waals surface area contributed by atoms with Gasteiger partial charge in [0.15, 0.2) is 0 Å². The maximum absolute atomic E-state index is 11.9. The summed E-state index contributed by atoms with van der Waals surface area (Å²) in [4.78, 5) is 11.9. The van der Waals surface area contributed by atoms with Crippen molar-refractivity contribution < 1.29 is 4.79 Å². The molecule has 1 aromatic carbocycles. The fraction of sp³-hybridized carbons (Fsp3) is 0.375. The number of nitrogens with zero attached hydrogens (tertiary/aromatic N) is 2. The van der Waals surface area contributed by atoms with Crippen LogP contribution in [0.25, 0.3) is 0 Å². The van der Waals surface area contributed by atoms with Crippen LogP contribution >= 0.6 is 0 Å². The topological polar surface area (TPSA) is 59.0 Å². The van der Waals surface area contributed by atoms with Gasteiger partial charge >= 0.3 is 0 Å². The standard InChI is InChI=1S/C16H20N4O/c1-2-20-15(9-10-18-20)11-17-13-5-3-12(4-6-13)16(21)19-14-7-8-14/h3-6,9-10,14,17H,2,7-8,11H2,1H3,(H,19,21). The molecule has 0 saturated heterocycles. The van der Waals surface area contributed by atoms with Gasteiger partial charge in [0.05, 0.1) is 12.2 Å². The van der Waals surface area contributed by atoms with Gasteiger partial charge in [0.1, 0.15) is 0 Å². The van der Waals surface area contributed by atoms with E-state index >= 15 is 0 Å². The summed E-state index contributed by atoms with van der Waals surface area (Å²) in [6, 6.07) is 10.00. The molecule has 1 fully saturated rings. The molecule has 5 heteroatoms. The first-order valence-corrected chi connectivity index (χ1v) is 7.41. The Morgan fingerprint density at radius 1 is 1.29 bits per heavy atom. The molecule has 2 N–H and O–H groups in total. The van der Waals surface area contributed by atoms with Gasteiger partial charge in [0, 0.05) is 30.0 Å². The van der Waals surface area contributed by atoms with E-state index in [1.165, 1.54) is 0 Å². The fourth-order valence-electron chi connectivity index (χ4n) is 2.22. The summed E-state index contributed by atoms with van der Waals surface area (Å²) in [5, 5.41) is 10.6. The van der Waals surface area contributed by atoms with Crippen LogP contribution in [-0.2, 0) is 13.1 Å². The van der Waals surface area contributed by atoms with E-state index in [9.17, 15) is 4.79 Å². The summed E-state index contributed by atoms with van der Waals surface area (Å²) in [6.45, 7) is 3.66.